The molecular weight excluding hydrogens is 884 g/mol. The van der Waals surface area contributed by atoms with Gasteiger partial charge in [0.05, 0.1) is 101 Å². The van der Waals surface area contributed by atoms with Gasteiger partial charge >= 0.3 is 20.9 Å². The zero-order valence-electron chi connectivity index (χ0n) is 37.5. The maximum atomic E-state index is 14.6. The highest BCUT2D eigenvalue weighted by molar-refractivity contribution is 6.53. The van der Waals surface area contributed by atoms with Gasteiger partial charge in [0.2, 0.25) is 0 Å². The molecule has 0 atom stereocenters. The first kappa shape index (κ1) is 43.0. The van der Waals surface area contributed by atoms with Crippen LogP contribution in [0.3, 0.4) is 0 Å². The lowest BCUT2D eigenvalue weighted by molar-refractivity contribution is -0.138. The zero-order valence-corrected chi connectivity index (χ0v) is 38.7. The Kier molecular flexibility index (Phi) is 10.8. The number of aromatic nitrogens is 2. The van der Waals surface area contributed by atoms with Crippen molar-refractivity contribution in [2.45, 2.75) is 25.7 Å². The van der Waals surface area contributed by atoms with E-state index in [-0.39, 0.29) is 71.6 Å². The Balaban J connectivity index is 1.50. The average Bonchev–Trinajstić information content (AvgIpc) is 4.07. The third kappa shape index (κ3) is 6.55. The number of carbonyl (C=O) groups excluding carboxylic acids is 1. The van der Waals surface area contributed by atoms with Crippen molar-refractivity contribution in [3.63, 3.8) is 0 Å². The summed E-state index contributed by atoms with van der Waals surface area (Å²) >= 11 is -3.86. The number of carbonyl (C=O) groups is 2. The summed E-state index contributed by atoms with van der Waals surface area (Å²) in [5, 5.41) is 11.1. The number of aliphatic imine (C=N–C) groups is 4. The molecule has 0 aliphatic carbocycles. The molecule has 0 saturated heterocycles. The monoisotopic (exact) mass is 924 g/mol. The summed E-state index contributed by atoms with van der Waals surface area (Å²) < 4.78 is 58.8. The largest absolute Gasteiger partial charge is 0.904 e. The maximum absolute atomic E-state index is 14.6. The van der Waals surface area contributed by atoms with Gasteiger partial charge in [0, 0.05) is 12.8 Å². The van der Waals surface area contributed by atoms with Crippen molar-refractivity contribution in [1.29, 1.82) is 0 Å². The molecule has 340 valence electrons. The van der Waals surface area contributed by atoms with Crippen LogP contribution in [0.15, 0.2) is 78.5 Å². The Bertz CT molecular complexity index is 3210. The third-order valence-corrected chi connectivity index (χ3v) is 14.3. The lowest BCUT2D eigenvalue weighted by Crippen LogP contribution is -2.49. The molecule has 6 bridgehead atoms. The topological polar surface area (TPSA) is 221 Å². The number of benzene rings is 4. The van der Waals surface area contributed by atoms with Crippen molar-refractivity contribution in [3.05, 3.63) is 81.8 Å². The number of aliphatic carboxylic acids is 1. The van der Waals surface area contributed by atoms with Gasteiger partial charge in [0.15, 0.2) is 23.3 Å². The van der Waals surface area contributed by atoms with Crippen LogP contribution in [0, 0.1) is 0 Å². The fraction of sp³-hybridized carbons (Fsp3) is 0.261. The highest BCUT2D eigenvalue weighted by atomic mass is 27.2. The van der Waals surface area contributed by atoms with Crippen molar-refractivity contribution >= 4 is 83.4 Å². The van der Waals surface area contributed by atoms with Crippen molar-refractivity contribution in [2.75, 3.05) is 56.9 Å². The Hall–Kier alpha value is -7.89. The summed E-state index contributed by atoms with van der Waals surface area (Å²) in [6, 6.07) is 14.0. The van der Waals surface area contributed by atoms with E-state index in [1.807, 2.05) is 0 Å². The second-order valence-electron chi connectivity index (χ2n) is 15.3. The van der Waals surface area contributed by atoms with Gasteiger partial charge in [-0.1, -0.05) is 0 Å². The van der Waals surface area contributed by atoms with Crippen LogP contribution in [0.1, 0.15) is 47.9 Å². The fourth-order valence-electron chi connectivity index (χ4n) is 9.03. The molecule has 2 aromatic heterocycles. The lowest BCUT2D eigenvalue weighted by atomic mass is 10.1. The Morgan fingerprint density at radius 1 is 0.448 bits per heavy atom. The number of amidine groups is 4. The van der Waals surface area contributed by atoms with Crippen LogP contribution in [0.5, 0.6) is 46.0 Å². The number of ether oxygens (including phenoxy) is 8. The zero-order chi connectivity index (χ0) is 46.8. The molecule has 20 nitrogen and oxygen atoms in total. The minimum absolute atomic E-state index is 0.122. The molecule has 10 rings (SSSR count). The number of carboxylic acid groups (broad SMARTS) is 1. The number of nitrogens with zero attached hydrogens (tertiary/aromatic N) is 8. The number of carboxylic acids is 1. The quantitative estimate of drug-likeness (QED) is 0.110. The van der Waals surface area contributed by atoms with Gasteiger partial charge < -0.3 is 53.9 Å². The molecule has 0 amide bonds. The van der Waals surface area contributed by atoms with E-state index in [4.69, 9.17) is 71.6 Å². The number of methoxy groups -OCH3 is 8. The van der Waals surface area contributed by atoms with Crippen LogP contribution in [0.25, 0.3) is 21.5 Å². The maximum Gasteiger partial charge on any atom is 0.904 e. The van der Waals surface area contributed by atoms with Crippen molar-refractivity contribution in [3.8, 4) is 46.0 Å². The van der Waals surface area contributed by atoms with E-state index in [2.05, 4.69) is 0 Å². The van der Waals surface area contributed by atoms with Crippen molar-refractivity contribution in [1.82, 2.24) is 7.10 Å². The highest BCUT2D eigenvalue weighted by Crippen LogP contribution is 2.50. The van der Waals surface area contributed by atoms with E-state index in [1.54, 1.807) is 84.1 Å². The predicted octanol–water partition coefficient (Wildman–Crippen LogP) is 5.18. The molecule has 67 heavy (non-hydrogen) atoms. The minimum Gasteiger partial charge on any atom is -0.582 e. The van der Waals surface area contributed by atoms with Gasteiger partial charge in [0.25, 0.3) is 5.97 Å². The van der Waals surface area contributed by atoms with Crippen LogP contribution in [0.4, 0.5) is 11.6 Å². The van der Waals surface area contributed by atoms with Gasteiger partial charge in [-0.15, -0.1) is 0 Å². The molecule has 0 unspecified atom stereocenters. The molecule has 4 aromatic carbocycles. The first-order chi connectivity index (χ1) is 32.6. The summed E-state index contributed by atoms with van der Waals surface area (Å²) in [7, 11) is 12.3. The van der Waals surface area contributed by atoms with Crippen molar-refractivity contribution < 1.29 is 56.4 Å². The molecule has 0 saturated carbocycles. The van der Waals surface area contributed by atoms with Crippen LogP contribution in [-0.4, -0.2) is 119 Å². The van der Waals surface area contributed by atoms with E-state index in [0.717, 1.165) is 0 Å². The van der Waals surface area contributed by atoms with Crippen molar-refractivity contribution in [2.24, 2.45) is 30.0 Å². The summed E-state index contributed by atoms with van der Waals surface area (Å²) in [6.45, 7) is 0. The van der Waals surface area contributed by atoms with Gasteiger partial charge in [-0.05, 0) is 61.4 Å². The first-order valence-corrected chi connectivity index (χ1v) is 22.4. The molecule has 0 spiro atoms. The average molecular weight is 925 g/mol. The van der Waals surface area contributed by atoms with E-state index < -0.39 is 26.9 Å². The van der Waals surface area contributed by atoms with Crippen LogP contribution < -0.4 is 48.9 Å². The molecule has 0 fully saturated rings. The fourth-order valence-corrected chi connectivity index (χ4v) is 11.4. The normalized spacial score (nSPS) is 13.8. The van der Waals surface area contributed by atoms with E-state index >= 15 is 0 Å². The molecule has 0 radical (unpaired) electrons. The molecule has 4 aliphatic heterocycles. The predicted molar refractivity (Wildman–Crippen MR) is 246 cm³/mol. The summed E-state index contributed by atoms with van der Waals surface area (Å²) in [6.07, 6.45) is 0.221. The number of hydrogen-bond acceptors (Lipinski definition) is 17. The first-order valence-electron chi connectivity index (χ1n) is 20.9. The number of hydrogen-bond donors (Lipinski definition) is 1. The Morgan fingerprint density at radius 2 is 0.776 bits per heavy atom. The van der Waals surface area contributed by atoms with Gasteiger partial charge in [-0.25, -0.2) is 30.0 Å². The molecule has 4 aliphatic rings. The minimum atomic E-state index is -3.86. The summed E-state index contributed by atoms with van der Waals surface area (Å²) in [5.41, 5.74) is 2.33. The van der Waals surface area contributed by atoms with E-state index in [9.17, 15) is 14.7 Å². The molecule has 1 N–H and O–H groups in total. The van der Waals surface area contributed by atoms with Crippen LogP contribution in [-0.2, 0) is 13.4 Å². The van der Waals surface area contributed by atoms with Gasteiger partial charge in [-0.3, -0.25) is 9.59 Å². The highest BCUT2D eigenvalue weighted by Gasteiger charge is 2.48. The van der Waals surface area contributed by atoms with E-state index in [0.29, 0.717) is 89.8 Å². The number of fused-ring (bicyclic) bond motifs is 14. The molecular formula is C46H41AlN8O12. The van der Waals surface area contributed by atoms with Gasteiger partial charge in [0.1, 0.15) is 68.6 Å². The lowest BCUT2D eigenvalue weighted by Gasteiger charge is -2.19. The summed E-state index contributed by atoms with van der Waals surface area (Å²) in [4.78, 5) is 57.9. The molecule has 21 heteroatoms. The number of rotatable bonds is 14. The molecule has 6 aromatic rings. The number of unbranched alkanes of at least 4 members (excludes halogenated alkanes) is 1. The Labute approximate surface area is 385 Å². The SMILES string of the molecule is COc1ccc(OC)c2c1C1=NC2=Nc2c3c(OC)ccc(OC)c3c3[n]2[Al]([O]C(=O)CCCCC(=O)O)[n]2c(c4c(OC)ccc(OC)c4c2=NC2=NC(=N3)c3c(OC)ccc(OC)c32)=N1. The van der Waals surface area contributed by atoms with Gasteiger partial charge in [-0.2, -0.15) is 0 Å². The second-order valence-corrected chi connectivity index (χ2v) is 17.2. The summed E-state index contributed by atoms with van der Waals surface area (Å²) in [5.74, 6) is 2.78. The van der Waals surface area contributed by atoms with Crippen LogP contribution in [0.2, 0.25) is 0 Å². The third-order valence-electron chi connectivity index (χ3n) is 11.9. The standard InChI is InChI=1S/C40H32N8O8.C6H10O4.Al/c1-49-17-9-10-18(50-2)26-25(17)33-41-34(26)46-36-29-21(53-5)13-14-22(54-6)30(29)38(43-36)48-40-32-24(56-8)16-15-23(55-7)31(32)39(44-40)47-37-28-20(52-4)12-11-19(51-3)27(28)35(42-37)45-33;7-5(8)3-1-2-4-6(9)10;/h9-16H,1-8H3;1-4H2,(H,7,8)(H,9,10);/q-2;;+3/p-1. The second kappa shape index (κ2) is 16.8. The smallest absolute Gasteiger partial charge is 0.582 e. The Morgan fingerprint density at radius 3 is 1.13 bits per heavy atom. The van der Waals surface area contributed by atoms with E-state index in [1.165, 1.54) is 28.4 Å². The molecule has 6 heterocycles. The van der Waals surface area contributed by atoms with Crippen LogP contribution >= 0.6 is 0 Å².